The maximum absolute atomic E-state index is 12.9. The summed E-state index contributed by atoms with van der Waals surface area (Å²) in [6, 6.07) is -0.228. The monoisotopic (exact) mass is 424 g/mol. The van der Waals surface area contributed by atoms with Crippen LogP contribution in [-0.4, -0.2) is 63.1 Å². The Labute approximate surface area is 175 Å². The number of nitrogens with one attached hydrogen (secondary N) is 1. The summed E-state index contributed by atoms with van der Waals surface area (Å²) in [5.41, 5.74) is -0.871. The van der Waals surface area contributed by atoms with Crippen molar-refractivity contribution >= 4 is 26.8 Å². The molecule has 0 aromatic rings. The molecular formula is C21H36N2O5Si. The summed E-state index contributed by atoms with van der Waals surface area (Å²) in [6.45, 7) is 17.0. The molecule has 0 spiro atoms. The smallest absolute Gasteiger partial charge is 0.410 e. The van der Waals surface area contributed by atoms with E-state index in [1.165, 1.54) is 6.08 Å². The molecule has 0 saturated carbocycles. The first kappa shape index (κ1) is 23.6. The van der Waals surface area contributed by atoms with Gasteiger partial charge in [0.05, 0.1) is 17.6 Å². The predicted octanol–water partition coefficient (Wildman–Crippen LogP) is 2.51. The summed E-state index contributed by atoms with van der Waals surface area (Å²) < 4.78 is 11.4. The summed E-state index contributed by atoms with van der Waals surface area (Å²) in [7, 11) is -1.40. The molecule has 164 valence electrons. The van der Waals surface area contributed by atoms with Crippen molar-refractivity contribution in [1.82, 2.24) is 10.2 Å². The van der Waals surface area contributed by atoms with Crippen LogP contribution in [0.15, 0.2) is 12.7 Å². The van der Waals surface area contributed by atoms with Gasteiger partial charge in [0.15, 0.2) is 9.04 Å². The van der Waals surface area contributed by atoms with Gasteiger partial charge in [0, 0.05) is 25.4 Å². The first-order valence-corrected chi connectivity index (χ1v) is 13.2. The Morgan fingerprint density at radius 1 is 1.31 bits per heavy atom. The lowest BCUT2D eigenvalue weighted by atomic mass is 9.63. The molecule has 2 amide bonds. The van der Waals surface area contributed by atoms with E-state index in [0.29, 0.717) is 19.5 Å². The molecule has 8 heteroatoms. The molecule has 0 bridgehead atoms. The normalized spacial score (nSPS) is 26.5. The third kappa shape index (κ3) is 5.09. The van der Waals surface area contributed by atoms with Crippen LogP contribution in [-0.2, 0) is 18.8 Å². The lowest BCUT2D eigenvalue weighted by Crippen LogP contribution is -2.70. The molecule has 2 fully saturated rings. The number of ketones is 1. The summed E-state index contributed by atoms with van der Waals surface area (Å²) in [5, 5.41) is 2.92. The van der Waals surface area contributed by atoms with Gasteiger partial charge in [-0.1, -0.05) is 33.4 Å². The molecule has 1 N–H and O–H groups in total. The van der Waals surface area contributed by atoms with Crippen LogP contribution < -0.4 is 5.32 Å². The second kappa shape index (κ2) is 9.00. The largest absolute Gasteiger partial charge is 0.445 e. The lowest BCUT2D eigenvalue weighted by Gasteiger charge is -2.54. The van der Waals surface area contributed by atoms with Gasteiger partial charge in [-0.25, -0.2) is 4.79 Å². The Hall–Kier alpha value is -1.67. The predicted molar refractivity (Wildman–Crippen MR) is 114 cm³/mol. The fourth-order valence-corrected chi connectivity index (χ4v) is 5.72. The Morgan fingerprint density at radius 3 is 2.48 bits per heavy atom. The maximum Gasteiger partial charge on any atom is 0.410 e. The van der Waals surface area contributed by atoms with Crippen molar-refractivity contribution in [2.75, 3.05) is 19.7 Å². The minimum absolute atomic E-state index is 0.0454. The highest BCUT2D eigenvalue weighted by Crippen LogP contribution is 2.45. The highest BCUT2D eigenvalue weighted by atomic mass is 28.3. The quantitative estimate of drug-likeness (QED) is 0.368. The molecule has 2 saturated heterocycles. The number of amides is 2. The molecule has 4 atom stereocenters. The van der Waals surface area contributed by atoms with Gasteiger partial charge in [0.25, 0.3) is 0 Å². The minimum atomic E-state index is -1.40. The summed E-state index contributed by atoms with van der Waals surface area (Å²) in [6.07, 6.45) is 2.00. The van der Waals surface area contributed by atoms with E-state index in [-0.39, 0.29) is 48.0 Å². The molecular weight excluding hydrogens is 388 g/mol. The fraction of sp³-hybridized carbons (Fsp3) is 0.762. The highest BCUT2D eigenvalue weighted by molar-refractivity contribution is 6.48. The first-order valence-electron chi connectivity index (χ1n) is 10.4. The zero-order chi connectivity index (χ0) is 22.0. The molecule has 2 heterocycles. The number of β-lactam (4-membered cyclic amide) rings is 1. The molecule has 7 nitrogen and oxygen atoms in total. The van der Waals surface area contributed by atoms with Gasteiger partial charge in [-0.05, 0) is 31.9 Å². The SMILES string of the molecule is C=CCOC(=O)N1CC[C@@H](C(=O)C[C@H]2NC(=O)[C@@H]2[C@@](C)(O[SiH](C)C)C(C)(C)C)C1. The number of Topliss-reactive ketones (excluding diaryl/α,β-unsaturated/α-hetero) is 1. The van der Waals surface area contributed by atoms with E-state index < -0.39 is 20.7 Å². The number of likely N-dealkylation sites (tertiary alicyclic amines) is 1. The van der Waals surface area contributed by atoms with Crippen molar-refractivity contribution in [3.8, 4) is 0 Å². The molecule has 0 radical (unpaired) electrons. The summed E-state index contributed by atoms with van der Waals surface area (Å²) >= 11 is 0. The van der Waals surface area contributed by atoms with Gasteiger partial charge in [0.1, 0.15) is 12.4 Å². The second-order valence-corrected chi connectivity index (χ2v) is 11.9. The number of ether oxygens (including phenoxy) is 1. The minimum Gasteiger partial charge on any atom is -0.445 e. The number of rotatable bonds is 8. The number of carbonyl (C=O) groups excluding carboxylic acids is 3. The lowest BCUT2D eigenvalue weighted by molar-refractivity contribution is -0.160. The van der Waals surface area contributed by atoms with E-state index in [0.717, 1.165) is 0 Å². The standard InChI is InChI=1S/C21H36N2O5Si/c1-8-11-27-19(26)23-10-9-14(13-23)16(24)12-15-17(18(25)22-15)21(5,20(2,3)4)28-29(6)7/h8,14-15,17,29H,1,9-13H2,2-7H3,(H,22,25)/t14-,15-,17-,21-/m1/s1. The van der Waals surface area contributed by atoms with Crippen LogP contribution in [0.2, 0.25) is 13.1 Å². The van der Waals surface area contributed by atoms with Crippen LogP contribution in [0.5, 0.6) is 0 Å². The average Bonchev–Trinajstić information content (AvgIpc) is 3.07. The third-order valence-corrected chi connectivity index (χ3v) is 7.18. The molecule has 2 aliphatic rings. The third-order valence-electron chi connectivity index (χ3n) is 6.22. The number of nitrogens with zero attached hydrogens (tertiary/aromatic N) is 1. The summed E-state index contributed by atoms with van der Waals surface area (Å²) in [5.74, 6) is -0.532. The number of hydrogen-bond donors (Lipinski definition) is 1. The van der Waals surface area contributed by atoms with E-state index in [4.69, 9.17) is 9.16 Å². The Balaban J connectivity index is 2.02. The van der Waals surface area contributed by atoms with Crippen molar-refractivity contribution in [1.29, 1.82) is 0 Å². The molecule has 0 unspecified atom stereocenters. The molecule has 2 aliphatic heterocycles. The van der Waals surface area contributed by atoms with Crippen LogP contribution in [0, 0.1) is 17.3 Å². The maximum atomic E-state index is 12.9. The Morgan fingerprint density at radius 2 is 1.97 bits per heavy atom. The zero-order valence-corrected chi connectivity index (χ0v) is 19.8. The molecule has 29 heavy (non-hydrogen) atoms. The van der Waals surface area contributed by atoms with Crippen molar-refractivity contribution in [2.24, 2.45) is 17.3 Å². The molecule has 0 aromatic carbocycles. The second-order valence-electron chi connectivity index (χ2n) is 9.58. The fourth-order valence-electron chi connectivity index (χ4n) is 4.25. The molecule has 0 aromatic heterocycles. The first-order chi connectivity index (χ1) is 13.4. The van der Waals surface area contributed by atoms with Gasteiger partial charge >= 0.3 is 6.09 Å². The van der Waals surface area contributed by atoms with E-state index in [1.807, 2.05) is 6.92 Å². The van der Waals surface area contributed by atoms with Gasteiger partial charge in [0.2, 0.25) is 5.91 Å². The highest BCUT2D eigenvalue weighted by Gasteiger charge is 2.57. The van der Waals surface area contributed by atoms with Gasteiger partial charge in [-0.2, -0.15) is 0 Å². The van der Waals surface area contributed by atoms with Gasteiger partial charge in [-0.3, -0.25) is 9.59 Å². The zero-order valence-electron chi connectivity index (χ0n) is 18.6. The van der Waals surface area contributed by atoms with E-state index in [2.05, 4.69) is 45.8 Å². The Kier molecular flexibility index (Phi) is 7.32. The van der Waals surface area contributed by atoms with E-state index in [1.54, 1.807) is 4.90 Å². The topological polar surface area (TPSA) is 84.9 Å². The van der Waals surface area contributed by atoms with Crippen LogP contribution in [0.1, 0.15) is 40.5 Å². The molecule has 2 rings (SSSR count). The van der Waals surface area contributed by atoms with Crippen LogP contribution in [0.3, 0.4) is 0 Å². The van der Waals surface area contributed by atoms with Gasteiger partial charge < -0.3 is 19.4 Å². The summed E-state index contributed by atoms with van der Waals surface area (Å²) in [4.78, 5) is 38.9. The van der Waals surface area contributed by atoms with Crippen LogP contribution >= 0.6 is 0 Å². The average molecular weight is 425 g/mol. The van der Waals surface area contributed by atoms with Crippen molar-refractivity contribution in [3.05, 3.63) is 12.7 Å². The van der Waals surface area contributed by atoms with Crippen LogP contribution in [0.25, 0.3) is 0 Å². The number of hydrogen-bond acceptors (Lipinski definition) is 5. The van der Waals surface area contributed by atoms with E-state index in [9.17, 15) is 14.4 Å². The van der Waals surface area contributed by atoms with E-state index >= 15 is 0 Å². The van der Waals surface area contributed by atoms with Crippen molar-refractivity contribution < 1.29 is 23.5 Å². The van der Waals surface area contributed by atoms with Crippen molar-refractivity contribution in [3.63, 3.8) is 0 Å². The Bertz CT molecular complexity index is 660. The van der Waals surface area contributed by atoms with Crippen molar-refractivity contribution in [2.45, 2.75) is 65.3 Å². The molecule has 0 aliphatic carbocycles. The van der Waals surface area contributed by atoms with Crippen LogP contribution in [0.4, 0.5) is 4.79 Å². The number of carbonyl (C=O) groups is 3. The van der Waals surface area contributed by atoms with Gasteiger partial charge in [-0.15, -0.1) is 0 Å².